The minimum atomic E-state index is 0.222. The quantitative estimate of drug-likeness (QED) is 0.610. The molecular formula is C10H21N. The highest BCUT2D eigenvalue weighted by Crippen LogP contribution is 2.20. The van der Waals surface area contributed by atoms with Gasteiger partial charge in [0.15, 0.2) is 0 Å². The van der Waals surface area contributed by atoms with Crippen molar-refractivity contribution in [3.8, 4) is 0 Å². The van der Waals surface area contributed by atoms with Crippen LogP contribution in [0.4, 0.5) is 0 Å². The van der Waals surface area contributed by atoms with Crippen LogP contribution in [-0.4, -0.2) is 6.04 Å². The average Bonchev–Trinajstić information content (AvgIpc) is 1.53. The summed E-state index contributed by atoms with van der Waals surface area (Å²) in [5, 5.41) is 0. The van der Waals surface area contributed by atoms with Crippen molar-refractivity contribution in [1.29, 1.82) is 0 Å². The topological polar surface area (TPSA) is 26.0 Å². The van der Waals surface area contributed by atoms with Crippen molar-refractivity contribution in [3.05, 3.63) is 11.6 Å². The van der Waals surface area contributed by atoms with Gasteiger partial charge in [0.25, 0.3) is 0 Å². The van der Waals surface area contributed by atoms with Crippen LogP contribution in [0.1, 0.15) is 41.0 Å². The third kappa shape index (κ3) is 7.60. The van der Waals surface area contributed by atoms with Gasteiger partial charge in [0.1, 0.15) is 0 Å². The molecule has 2 N–H and O–H groups in total. The van der Waals surface area contributed by atoms with E-state index in [1.807, 2.05) is 0 Å². The Balaban J connectivity index is 3.89. The maximum absolute atomic E-state index is 5.88. The molecule has 0 saturated heterocycles. The van der Waals surface area contributed by atoms with Gasteiger partial charge >= 0.3 is 0 Å². The van der Waals surface area contributed by atoms with E-state index >= 15 is 0 Å². The standard InChI is InChI=1S/C10H21N/c1-8(2)6-9(11)7-10(3,4)5/h6,9H,7,11H2,1-5H3. The molecule has 1 nitrogen and oxygen atoms in total. The van der Waals surface area contributed by atoms with Crippen LogP contribution in [0, 0.1) is 5.41 Å². The van der Waals surface area contributed by atoms with Crippen molar-refractivity contribution in [3.63, 3.8) is 0 Å². The summed E-state index contributed by atoms with van der Waals surface area (Å²) >= 11 is 0. The lowest BCUT2D eigenvalue weighted by atomic mass is 9.88. The van der Waals surface area contributed by atoms with Crippen LogP contribution in [0.15, 0.2) is 11.6 Å². The number of hydrogen-bond acceptors (Lipinski definition) is 1. The molecule has 1 atom stereocenters. The van der Waals surface area contributed by atoms with Gasteiger partial charge in [0.05, 0.1) is 0 Å². The predicted octanol–water partition coefficient (Wildman–Crippen LogP) is 2.72. The molecule has 0 saturated carbocycles. The second-order valence-corrected chi connectivity index (χ2v) is 4.67. The first-order valence-electron chi connectivity index (χ1n) is 4.22. The Morgan fingerprint density at radius 2 is 1.82 bits per heavy atom. The highest BCUT2D eigenvalue weighted by atomic mass is 14.6. The highest BCUT2D eigenvalue weighted by Gasteiger charge is 2.13. The summed E-state index contributed by atoms with van der Waals surface area (Å²) in [5.41, 5.74) is 7.53. The van der Waals surface area contributed by atoms with Crippen LogP contribution in [0.5, 0.6) is 0 Å². The third-order valence-electron chi connectivity index (χ3n) is 1.40. The fourth-order valence-electron chi connectivity index (χ4n) is 1.19. The normalized spacial score (nSPS) is 14.4. The molecule has 66 valence electrons. The molecule has 0 bridgehead atoms. The summed E-state index contributed by atoms with van der Waals surface area (Å²) in [6.45, 7) is 10.8. The number of rotatable bonds is 2. The Morgan fingerprint density at radius 1 is 1.36 bits per heavy atom. The lowest BCUT2D eigenvalue weighted by molar-refractivity contribution is 0.360. The van der Waals surface area contributed by atoms with E-state index in [9.17, 15) is 0 Å². The Hall–Kier alpha value is -0.300. The van der Waals surface area contributed by atoms with E-state index < -0.39 is 0 Å². The molecule has 0 aliphatic heterocycles. The van der Waals surface area contributed by atoms with Crippen molar-refractivity contribution in [2.45, 2.75) is 47.1 Å². The van der Waals surface area contributed by atoms with Gasteiger partial charge in [-0.2, -0.15) is 0 Å². The Bertz CT molecular complexity index is 135. The summed E-state index contributed by atoms with van der Waals surface area (Å²) < 4.78 is 0. The van der Waals surface area contributed by atoms with Crippen LogP contribution in [-0.2, 0) is 0 Å². The SMILES string of the molecule is CC(C)=CC(N)CC(C)(C)C. The van der Waals surface area contributed by atoms with Crippen LogP contribution in [0.25, 0.3) is 0 Å². The minimum absolute atomic E-state index is 0.222. The summed E-state index contributed by atoms with van der Waals surface area (Å²) in [7, 11) is 0. The number of hydrogen-bond donors (Lipinski definition) is 1. The van der Waals surface area contributed by atoms with Crippen molar-refractivity contribution in [2.24, 2.45) is 11.1 Å². The second kappa shape index (κ2) is 3.91. The third-order valence-corrected chi connectivity index (χ3v) is 1.40. The first kappa shape index (κ1) is 10.7. The van der Waals surface area contributed by atoms with E-state index in [-0.39, 0.29) is 6.04 Å². The largest absolute Gasteiger partial charge is 0.324 e. The van der Waals surface area contributed by atoms with Gasteiger partial charge in [-0.3, -0.25) is 0 Å². The molecule has 0 aromatic heterocycles. The predicted molar refractivity (Wildman–Crippen MR) is 51.5 cm³/mol. The number of nitrogens with two attached hydrogens (primary N) is 1. The first-order valence-corrected chi connectivity index (χ1v) is 4.22. The average molecular weight is 155 g/mol. The van der Waals surface area contributed by atoms with Crippen LogP contribution in [0.3, 0.4) is 0 Å². The van der Waals surface area contributed by atoms with Gasteiger partial charge < -0.3 is 5.73 Å². The molecule has 0 aliphatic rings. The van der Waals surface area contributed by atoms with Gasteiger partial charge in [0, 0.05) is 6.04 Å². The molecular weight excluding hydrogens is 134 g/mol. The summed E-state index contributed by atoms with van der Waals surface area (Å²) in [4.78, 5) is 0. The molecule has 0 amide bonds. The van der Waals surface area contributed by atoms with E-state index in [1.165, 1.54) is 5.57 Å². The maximum Gasteiger partial charge on any atom is 0.0231 e. The molecule has 0 radical (unpaired) electrons. The zero-order chi connectivity index (χ0) is 9.07. The molecule has 1 unspecified atom stereocenters. The van der Waals surface area contributed by atoms with Gasteiger partial charge in [0.2, 0.25) is 0 Å². The van der Waals surface area contributed by atoms with E-state index in [0.717, 1.165) is 6.42 Å². The first-order chi connectivity index (χ1) is 4.81. The van der Waals surface area contributed by atoms with Crippen molar-refractivity contribution >= 4 is 0 Å². The van der Waals surface area contributed by atoms with Gasteiger partial charge in [-0.15, -0.1) is 0 Å². The monoisotopic (exact) mass is 155 g/mol. The summed E-state index contributed by atoms with van der Waals surface area (Å²) in [6.07, 6.45) is 3.18. The van der Waals surface area contributed by atoms with Crippen molar-refractivity contribution < 1.29 is 0 Å². The Kier molecular flexibility index (Phi) is 3.81. The molecule has 0 rings (SSSR count). The molecule has 0 aliphatic carbocycles. The number of allylic oxidation sites excluding steroid dienone is 1. The van der Waals surface area contributed by atoms with Crippen molar-refractivity contribution in [1.82, 2.24) is 0 Å². The van der Waals surface area contributed by atoms with Gasteiger partial charge in [-0.25, -0.2) is 0 Å². The van der Waals surface area contributed by atoms with E-state index in [4.69, 9.17) is 5.73 Å². The fraction of sp³-hybridized carbons (Fsp3) is 0.800. The molecule has 0 fully saturated rings. The zero-order valence-corrected chi connectivity index (χ0v) is 8.44. The molecule has 0 heterocycles. The zero-order valence-electron chi connectivity index (χ0n) is 8.44. The van der Waals surface area contributed by atoms with E-state index in [1.54, 1.807) is 0 Å². The second-order valence-electron chi connectivity index (χ2n) is 4.67. The van der Waals surface area contributed by atoms with Crippen LogP contribution >= 0.6 is 0 Å². The van der Waals surface area contributed by atoms with Gasteiger partial charge in [-0.1, -0.05) is 32.4 Å². The lowest BCUT2D eigenvalue weighted by Gasteiger charge is -2.21. The van der Waals surface area contributed by atoms with E-state index in [2.05, 4.69) is 40.7 Å². The smallest absolute Gasteiger partial charge is 0.0231 e. The highest BCUT2D eigenvalue weighted by molar-refractivity contribution is 5.00. The summed E-state index contributed by atoms with van der Waals surface area (Å²) in [5.74, 6) is 0. The Labute approximate surface area is 70.7 Å². The molecule has 0 aromatic rings. The molecule has 11 heavy (non-hydrogen) atoms. The van der Waals surface area contributed by atoms with E-state index in [0.29, 0.717) is 5.41 Å². The molecule has 0 aromatic carbocycles. The molecule has 0 spiro atoms. The maximum atomic E-state index is 5.88. The van der Waals surface area contributed by atoms with Crippen LogP contribution in [0.2, 0.25) is 0 Å². The van der Waals surface area contributed by atoms with Gasteiger partial charge in [-0.05, 0) is 25.7 Å². The van der Waals surface area contributed by atoms with Crippen LogP contribution < -0.4 is 5.73 Å². The van der Waals surface area contributed by atoms with Crippen molar-refractivity contribution in [2.75, 3.05) is 0 Å². The molecule has 1 heteroatoms. The minimum Gasteiger partial charge on any atom is -0.324 e. The Morgan fingerprint density at radius 3 is 2.09 bits per heavy atom. The lowest BCUT2D eigenvalue weighted by Crippen LogP contribution is -2.24. The fourth-order valence-corrected chi connectivity index (χ4v) is 1.19. The summed E-state index contributed by atoms with van der Waals surface area (Å²) in [6, 6.07) is 0.222.